The van der Waals surface area contributed by atoms with E-state index in [1.165, 1.54) is 12.1 Å². The molecule has 0 spiro atoms. The van der Waals surface area contributed by atoms with Gasteiger partial charge in [-0.2, -0.15) is 4.31 Å². The molecule has 1 aliphatic heterocycles. The summed E-state index contributed by atoms with van der Waals surface area (Å²) in [5.74, 6) is -2.34. The lowest BCUT2D eigenvalue weighted by Crippen LogP contribution is -2.49. The minimum Gasteiger partial charge on any atom is -0.322 e. The zero-order chi connectivity index (χ0) is 18.9. The first-order valence-corrected chi connectivity index (χ1v) is 10.5. The first-order valence-electron chi connectivity index (χ1n) is 7.82. The Kier molecular flexibility index (Phi) is 5.61. The van der Waals surface area contributed by atoms with Crippen molar-refractivity contribution in [3.63, 3.8) is 0 Å². The van der Waals surface area contributed by atoms with Gasteiger partial charge in [0.1, 0.15) is 21.9 Å². The second-order valence-corrected chi connectivity index (χ2v) is 9.63. The quantitative estimate of drug-likeness (QED) is 0.816. The molecule has 0 bridgehead atoms. The fourth-order valence-corrected chi connectivity index (χ4v) is 6.08. The molecule has 1 aliphatic rings. The maximum Gasteiger partial charge on any atom is 0.253 e. The lowest BCUT2D eigenvalue weighted by molar-refractivity contribution is -0.120. The van der Waals surface area contributed by atoms with Crippen molar-refractivity contribution in [2.45, 2.75) is 29.5 Å². The van der Waals surface area contributed by atoms with Gasteiger partial charge in [0.25, 0.3) is 10.0 Å². The molecule has 140 valence electrons. The highest BCUT2D eigenvalue weighted by molar-refractivity contribution is 7.91. The smallest absolute Gasteiger partial charge is 0.253 e. The van der Waals surface area contributed by atoms with Crippen LogP contribution in [0.4, 0.5) is 14.5 Å². The molecule has 2 heterocycles. The SMILES string of the molecule is O=C(Nc1ccc(F)cc1F)C1CCCCN1S(=O)(=O)c1ccc(Cl)s1. The second kappa shape index (κ2) is 7.59. The van der Waals surface area contributed by atoms with Crippen LogP contribution in [0.25, 0.3) is 0 Å². The van der Waals surface area contributed by atoms with Gasteiger partial charge in [-0.3, -0.25) is 4.79 Å². The summed E-state index contributed by atoms with van der Waals surface area (Å²) >= 11 is 6.74. The van der Waals surface area contributed by atoms with Gasteiger partial charge in [0.15, 0.2) is 0 Å². The van der Waals surface area contributed by atoms with Gasteiger partial charge >= 0.3 is 0 Å². The number of rotatable bonds is 4. The van der Waals surface area contributed by atoms with Gasteiger partial charge < -0.3 is 5.32 Å². The van der Waals surface area contributed by atoms with Crippen molar-refractivity contribution < 1.29 is 22.0 Å². The van der Waals surface area contributed by atoms with Crippen molar-refractivity contribution in [2.24, 2.45) is 0 Å². The third-order valence-corrected chi connectivity index (χ3v) is 7.66. The number of amides is 1. The molecule has 1 fully saturated rings. The van der Waals surface area contributed by atoms with Crippen molar-refractivity contribution in [3.8, 4) is 0 Å². The Bertz CT molecular complexity index is 933. The van der Waals surface area contributed by atoms with Crippen molar-refractivity contribution in [2.75, 3.05) is 11.9 Å². The lowest BCUT2D eigenvalue weighted by Gasteiger charge is -2.33. The topological polar surface area (TPSA) is 66.5 Å². The number of nitrogens with zero attached hydrogens (tertiary/aromatic N) is 1. The van der Waals surface area contributed by atoms with Crippen LogP contribution in [0, 0.1) is 11.6 Å². The number of sulfonamides is 1. The number of benzene rings is 1. The highest BCUT2D eigenvalue weighted by Crippen LogP contribution is 2.32. The summed E-state index contributed by atoms with van der Waals surface area (Å²) in [6.07, 6.45) is 1.60. The number of hydrogen-bond acceptors (Lipinski definition) is 4. The molecule has 10 heteroatoms. The van der Waals surface area contributed by atoms with Crippen LogP contribution in [0.1, 0.15) is 19.3 Å². The Hall–Kier alpha value is -1.55. The van der Waals surface area contributed by atoms with E-state index < -0.39 is 33.6 Å². The standard InChI is InChI=1S/C16H15ClF2N2O3S2/c17-14-6-7-15(25-14)26(23,24)21-8-2-1-3-13(21)16(22)20-12-5-4-10(18)9-11(12)19/h4-7,9,13H,1-3,8H2,(H,20,22). The fraction of sp³-hybridized carbons (Fsp3) is 0.312. The molecule has 1 saturated heterocycles. The summed E-state index contributed by atoms with van der Waals surface area (Å²) in [7, 11) is -3.89. The first-order chi connectivity index (χ1) is 12.3. The monoisotopic (exact) mass is 420 g/mol. The number of nitrogens with one attached hydrogen (secondary N) is 1. The first kappa shape index (κ1) is 19.2. The van der Waals surface area contributed by atoms with Crippen LogP contribution < -0.4 is 5.32 Å². The summed E-state index contributed by atoms with van der Waals surface area (Å²) < 4.78 is 54.0. The zero-order valence-electron chi connectivity index (χ0n) is 13.4. The highest BCUT2D eigenvalue weighted by atomic mass is 35.5. The number of thiophene rings is 1. The molecular formula is C16H15ClF2N2O3S2. The average Bonchev–Trinajstić information content (AvgIpc) is 3.04. The maximum atomic E-state index is 13.8. The van der Waals surface area contributed by atoms with E-state index in [9.17, 15) is 22.0 Å². The van der Waals surface area contributed by atoms with Crippen LogP contribution in [0.15, 0.2) is 34.5 Å². The average molecular weight is 421 g/mol. The van der Waals surface area contributed by atoms with Crippen molar-refractivity contribution in [1.29, 1.82) is 0 Å². The largest absolute Gasteiger partial charge is 0.322 e. The Morgan fingerprint density at radius 2 is 2.00 bits per heavy atom. The number of hydrogen-bond donors (Lipinski definition) is 1. The molecule has 0 saturated carbocycles. The molecule has 26 heavy (non-hydrogen) atoms. The minimum absolute atomic E-state index is 0.0511. The summed E-state index contributed by atoms with van der Waals surface area (Å²) in [5, 5.41) is 2.36. The van der Waals surface area contributed by atoms with E-state index in [1.54, 1.807) is 0 Å². The molecule has 5 nitrogen and oxygen atoms in total. The molecule has 3 rings (SSSR count). The van der Waals surface area contributed by atoms with Gasteiger partial charge in [-0.15, -0.1) is 11.3 Å². The van der Waals surface area contributed by atoms with Crippen molar-refractivity contribution in [1.82, 2.24) is 4.31 Å². The van der Waals surface area contributed by atoms with Gasteiger partial charge in [-0.1, -0.05) is 18.0 Å². The summed E-state index contributed by atoms with van der Waals surface area (Å²) in [6, 6.07) is 4.67. The predicted octanol–water partition coefficient (Wildman–Crippen LogP) is 3.86. The fourth-order valence-electron chi connectivity index (χ4n) is 2.81. The molecule has 2 aromatic rings. The van der Waals surface area contributed by atoms with Crippen LogP contribution in [0.3, 0.4) is 0 Å². The van der Waals surface area contributed by atoms with Crippen LogP contribution in [0.5, 0.6) is 0 Å². The Morgan fingerprint density at radius 3 is 2.65 bits per heavy atom. The molecule has 1 unspecified atom stereocenters. The van der Waals surface area contributed by atoms with E-state index >= 15 is 0 Å². The van der Waals surface area contributed by atoms with Crippen LogP contribution >= 0.6 is 22.9 Å². The van der Waals surface area contributed by atoms with Crippen LogP contribution in [-0.2, 0) is 14.8 Å². The normalized spacial score (nSPS) is 18.7. The van der Waals surface area contributed by atoms with Gasteiger partial charge in [0.05, 0.1) is 10.0 Å². The molecule has 0 aliphatic carbocycles. The number of carbonyl (C=O) groups is 1. The molecule has 1 aromatic heterocycles. The summed E-state index contributed by atoms with van der Waals surface area (Å²) in [6.45, 7) is 0.182. The molecule has 1 aromatic carbocycles. The minimum atomic E-state index is -3.89. The summed E-state index contributed by atoms with van der Waals surface area (Å²) in [5.41, 5.74) is -0.196. The van der Waals surface area contributed by atoms with Crippen LogP contribution in [0.2, 0.25) is 4.34 Å². The lowest BCUT2D eigenvalue weighted by atomic mass is 10.0. The molecular weight excluding hydrogens is 406 g/mol. The highest BCUT2D eigenvalue weighted by Gasteiger charge is 2.38. The van der Waals surface area contributed by atoms with E-state index in [4.69, 9.17) is 11.6 Å². The van der Waals surface area contributed by atoms with Crippen molar-refractivity contribution in [3.05, 3.63) is 46.3 Å². The molecule has 1 amide bonds. The van der Waals surface area contributed by atoms with Gasteiger partial charge in [0.2, 0.25) is 5.91 Å². The van der Waals surface area contributed by atoms with E-state index in [-0.39, 0.29) is 16.4 Å². The number of carbonyl (C=O) groups excluding carboxylic acids is 1. The van der Waals surface area contributed by atoms with Crippen LogP contribution in [-0.4, -0.2) is 31.2 Å². The van der Waals surface area contributed by atoms with Gasteiger partial charge in [-0.25, -0.2) is 17.2 Å². The molecule has 1 N–H and O–H groups in total. The Labute approximate surface area is 158 Å². The van der Waals surface area contributed by atoms with E-state index in [1.807, 2.05) is 0 Å². The molecule has 1 atom stereocenters. The number of halogens is 3. The predicted molar refractivity (Wildman–Crippen MR) is 95.8 cm³/mol. The maximum absolute atomic E-state index is 13.8. The Balaban J connectivity index is 1.85. The second-order valence-electron chi connectivity index (χ2n) is 5.80. The van der Waals surface area contributed by atoms with E-state index in [0.29, 0.717) is 29.7 Å². The van der Waals surface area contributed by atoms with Crippen molar-refractivity contribution >= 4 is 44.6 Å². The third kappa shape index (κ3) is 3.90. The Morgan fingerprint density at radius 1 is 1.23 bits per heavy atom. The van der Waals surface area contributed by atoms with Gasteiger partial charge in [0, 0.05) is 12.6 Å². The van der Waals surface area contributed by atoms with E-state index in [0.717, 1.165) is 27.8 Å². The number of piperidine rings is 1. The summed E-state index contributed by atoms with van der Waals surface area (Å²) in [4.78, 5) is 12.6. The zero-order valence-corrected chi connectivity index (χ0v) is 15.8. The molecule has 0 radical (unpaired) electrons. The van der Waals surface area contributed by atoms with Gasteiger partial charge in [-0.05, 0) is 37.1 Å². The third-order valence-electron chi connectivity index (χ3n) is 4.06. The number of anilines is 1. The van der Waals surface area contributed by atoms with E-state index in [2.05, 4.69) is 5.32 Å².